The lowest BCUT2D eigenvalue weighted by atomic mass is 10.5. The van der Waals surface area contributed by atoms with Crippen LogP contribution in [-0.4, -0.2) is 27.6 Å². The molecule has 0 atom stereocenters. The first-order valence-electron chi connectivity index (χ1n) is 5.75. The molecule has 0 spiro atoms. The molecular weight excluding hydrogens is 354 g/mol. The molecule has 1 amide bonds. The number of aromatic nitrogens is 2. The summed E-state index contributed by atoms with van der Waals surface area (Å²) in [5, 5.41) is 11.2. The SMILES string of the molecule is CCSc1nnc(NC(=O)CSCc2ccc(Cl)s2)s1. The number of amides is 1. The van der Waals surface area contributed by atoms with E-state index in [0.717, 1.165) is 20.2 Å². The Morgan fingerprint density at radius 1 is 1.40 bits per heavy atom. The number of nitrogens with one attached hydrogen (secondary N) is 1. The molecule has 0 fully saturated rings. The van der Waals surface area contributed by atoms with Gasteiger partial charge in [-0.3, -0.25) is 10.1 Å². The van der Waals surface area contributed by atoms with Gasteiger partial charge in [0.2, 0.25) is 11.0 Å². The molecule has 0 aliphatic carbocycles. The van der Waals surface area contributed by atoms with Crippen LogP contribution in [0, 0.1) is 0 Å². The predicted octanol–water partition coefficient (Wildman–Crippen LogP) is 4.24. The first kappa shape index (κ1) is 16.1. The van der Waals surface area contributed by atoms with Crippen molar-refractivity contribution in [3.63, 3.8) is 0 Å². The Balaban J connectivity index is 1.71. The molecule has 20 heavy (non-hydrogen) atoms. The Morgan fingerprint density at radius 3 is 2.95 bits per heavy atom. The molecule has 108 valence electrons. The van der Waals surface area contributed by atoms with E-state index in [1.807, 2.05) is 12.1 Å². The number of carbonyl (C=O) groups excluding carboxylic acids is 1. The summed E-state index contributed by atoms with van der Waals surface area (Å²) in [4.78, 5) is 12.9. The molecule has 2 aromatic heterocycles. The first-order valence-corrected chi connectivity index (χ1v) is 9.90. The van der Waals surface area contributed by atoms with Crippen LogP contribution in [0.5, 0.6) is 0 Å². The monoisotopic (exact) mass is 365 g/mol. The fourth-order valence-electron chi connectivity index (χ4n) is 1.27. The Labute approximate surface area is 138 Å². The van der Waals surface area contributed by atoms with Crippen molar-refractivity contribution in [3.8, 4) is 0 Å². The Kier molecular flexibility index (Phi) is 6.63. The average molecular weight is 366 g/mol. The van der Waals surface area contributed by atoms with E-state index in [2.05, 4.69) is 22.4 Å². The van der Waals surface area contributed by atoms with Crippen LogP contribution in [0.15, 0.2) is 16.5 Å². The third kappa shape index (κ3) is 5.25. The lowest BCUT2D eigenvalue weighted by Crippen LogP contribution is -2.13. The van der Waals surface area contributed by atoms with Crippen LogP contribution in [-0.2, 0) is 10.5 Å². The van der Waals surface area contributed by atoms with E-state index in [1.54, 1.807) is 34.9 Å². The van der Waals surface area contributed by atoms with Gasteiger partial charge in [0.15, 0.2) is 4.34 Å². The van der Waals surface area contributed by atoms with Gasteiger partial charge < -0.3 is 0 Å². The molecule has 0 aromatic carbocycles. The van der Waals surface area contributed by atoms with E-state index in [0.29, 0.717) is 10.9 Å². The van der Waals surface area contributed by atoms with Crippen LogP contribution in [0.3, 0.4) is 0 Å². The van der Waals surface area contributed by atoms with Gasteiger partial charge >= 0.3 is 0 Å². The minimum absolute atomic E-state index is 0.0538. The normalized spacial score (nSPS) is 10.7. The third-order valence-corrected chi connectivity index (χ3v) is 6.28. The highest BCUT2D eigenvalue weighted by molar-refractivity contribution is 8.01. The standard InChI is InChI=1S/C11H12ClN3OS4/c1-2-18-11-15-14-10(20-11)13-9(16)6-17-5-7-3-4-8(12)19-7/h3-4H,2,5-6H2,1H3,(H,13,14,16). The number of carbonyl (C=O) groups is 1. The number of hydrogen-bond donors (Lipinski definition) is 1. The summed E-state index contributed by atoms with van der Waals surface area (Å²) in [6.45, 7) is 2.05. The van der Waals surface area contributed by atoms with Crippen LogP contribution in [0.4, 0.5) is 5.13 Å². The number of rotatable bonds is 7. The molecule has 2 aromatic rings. The summed E-state index contributed by atoms with van der Waals surface area (Å²) in [7, 11) is 0. The third-order valence-electron chi connectivity index (χ3n) is 2.03. The number of thioether (sulfide) groups is 2. The lowest BCUT2D eigenvalue weighted by Gasteiger charge is -2.00. The lowest BCUT2D eigenvalue weighted by molar-refractivity contribution is -0.113. The van der Waals surface area contributed by atoms with Crippen LogP contribution in [0.1, 0.15) is 11.8 Å². The Bertz CT molecular complexity index is 572. The van der Waals surface area contributed by atoms with E-state index in [-0.39, 0.29) is 5.91 Å². The van der Waals surface area contributed by atoms with E-state index < -0.39 is 0 Å². The van der Waals surface area contributed by atoms with Crippen LogP contribution >= 0.6 is 57.8 Å². The molecule has 0 aliphatic rings. The number of thiophene rings is 1. The highest BCUT2D eigenvalue weighted by Gasteiger charge is 2.08. The molecule has 2 rings (SSSR count). The molecule has 0 bridgehead atoms. The summed E-state index contributed by atoms with van der Waals surface area (Å²) < 4.78 is 1.66. The van der Waals surface area contributed by atoms with Gasteiger partial charge in [-0.05, 0) is 17.9 Å². The second kappa shape index (κ2) is 8.23. The van der Waals surface area contributed by atoms with Crippen molar-refractivity contribution in [2.45, 2.75) is 17.0 Å². The number of nitrogens with zero attached hydrogens (tertiary/aromatic N) is 2. The predicted molar refractivity (Wildman–Crippen MR) is 90.4 cm³/mol. The molecule has 1 N–H and O–H groups in total. The van der Waals surface area contributed by atoms with Crippen molar-refractivity contribution < 1.29 is 4.79 Å². The van der Waals surface area contributed by atoms with Gasteiger partial charge in [-0.2, -0.15) is 0 Å². The van der Waals surface area contributed by atoms with Crippen LogP contribution in [0.2, 0.25) is 4.34 Å². The number of halogens is 1. The largest absolute Gasteiger partial charge is 0.300 e. The summed E-state index contributed by atoms with van der Waals surface area (Å²) >= 11 is 12.0. The topological polar surface area (TPSA) is 54.9 Å². The Hall–Kier alpha value is -0.280. The van der Waals surface area contributed by atoms with Gasteiger partial charge in [-0.1, -0.05) is 41.6 Å². The van der Waals surface area contributed by atoms with Crippen molar-refractivity contribution in [2.75, 3.05) is 16.8 Å². The first-order chi connectivity index (χ1) is 9.67. The van der Waals surface area contributed by atoms with Crippen molar-refractivity contribution in [1.29, 1.82) is 0 Å². The highest BCUT2D eigenvalue weighted by Crippen LogP contribution is 2.26. The van der Waals surface area contributed by atoms with E-state index in [1.165, 1.54) is 16.2 Å². The number of anilines is 1. The molecule has 9 heteroatoms. The van der Waals surface area contributed by atoms with Gasteiger partial charge in [0.05, 0.1) is 10.1 Å². The second-order valence-electron chi connectivity index (χ2n) is 3.55. The van der Waals surface area contributed by atoms with Crippen molar-refractivity contribution >= 4 is 68.8 Å². The molecule has 0 unspecified atom stereocenters. The fourth-order valence-corrected chi connectivity index (χ4v) is 4.96. The van der Waals surface area contributed by atoms with Crippen molar-refractivity contribution in [3.05, 3.63) is 21.3 Å². The van der Waals surface area contributed by atoms with Gasteiger partial charge in [0.1, 0.15) is 0 Å². The molecule has 0 saturated heterocycles. The van der Waals surface area contributed by atoms with Gasteiger partial charge in [0.25, 0.3) is 0 Å². The second-order valence-corrected chi connectivity index (χ2v) is 8.83. The molecule has 2 heterocycles. The molecular formula is C11H12ClN3OS4. The van der Waals surface area contributed by atoms with Gasteiger partial charge in [-0.25, -0.2) is 0 Å². The fraction of sp³-hybridized carbons (Fsp3) is 0.364. The highest BCUT2D eigenvalue weighted by atomic mass is 35.5. The smallest absolute Gasteiger partial charge is 0.236 e. The van der Waals surface area contributed by atoms with Crippen molar-refractivity contribution in [2.24, 2.45) is 0 Å². The zero-order valence-corrected chi connectivity index (χ0v) is 14.6. The average Bonchev–Trinajstić information content (AvgIpc) is 3.00. The Morgan fingerprint density at radius 2 is 2.25 bits per heavy atom. The maximum absolute atomic E-state index is 11.8. The van der Waals surface area contributed by atoms with E-state index in [4.69, 9.17) is 11.6 Å². The summed E-state index contributed by atoms with van der Waals surface area (Å²) in [5.74, 6) is 2.08. The van der Waals surface area contributed by atoms with E-state index >= 15 is 0 Å². The van der Waals surface area contributed by atoms with E-state index in [9.17, 15) is 4.79 Å². The molecule has 0 radical (unpaired) electrons. The zero-order chi connectivity index (χ0) is 14.4. The molecule has 4 nitrogen and oxygen atoms in total. The molecule has 0 aliphatic heterocycles. The van der Waals surface area contributed by atoms with Gasteiger partial charge in [0, 0.05) is 10.6 Å². The maximum Gasteiger partial charge on any atom is 0.236 e. The number of hydrogen-bond acceptors (Lipinski definition) is 7. The summed E-state index contributed by atoms with van der Waals surface area (Å²) in [6.07, 6.45) is 0. The minimum Gasteiger partial charge on any atom is -0.300 e. The van der Waals surface area contributed by atoms with Gasteiger partial charge in [-0.15, -0.1) is 33.3 Å². The molecule has 0 saturated carbocycles. The maximum atomic E-state index is 11.8. The zero-order valence-electron chi connectivity index (χ0n) is 10.6. The van der Waals surface area contributed by atoms with Crippen LogP contribution < -0.4 is 5.32 Å². The van der Waals surface area contributed by atoms with Crippen LogP contribution in [0.25, 0.3) is 0 Å². The quantitative estimate of drug-likeness (QED) is 0.587. The van der Waals surface area contributed by atoms with Crippen molar-refractivity contribution in [1.82, 2.24) is 10.2 Å². The summed E-state index contributed by atoms with van der Waals surface area (Å²) in [6, 6.07) is 3.85. The summed E-state index contributed by atoms with van der Waals surface area (Å²) in [5.41, 5.74) is 0. The minimum atomic E-state index is -0.0538.